The molecule has 0 saturated heterocycles. The number of nitriles is 1. The maximum Gasteiger partial charge on any atom is 0.121 e. The molecule has 0 amide bonds. The quantitative estimate of drug-likeness (QED) is 0.833. The topological polar surface area (TPSA) is 71.1 Å². The molecule has 2 unspecified atom stereocenters. The van der Waals surface area contributed by atoms with Crippen molar-refractivity contribution in [3.05, 3.63) is 23.8 Å². The van der Waals surface area contributed by atoms with Crippen molar-refractivity contribution in [1.29, 1.82) is 5.26 Å². The van der Waals surface area contributed by atoms with Crippen molar-refractivity contribution >= 4 is 5.69 Å². The first-order valence-corrected chi connectivity index (χ1v) is 5.85. The summed E-state index contributed by atoms with van der Waals surface area (Å²) in [5.41, 5.74) is 7.46. The van der Waals surface area contributed by atoms with Crippen molar-refractivity contribution in [2.75, 3.05) is 12.4 Å². The molecule has 0 aliphatic heterocycles. The zero-order valence-corrected chi connectivity index (χ0v) is 9.94. The van der Waals surface area contributed by atoms with Crippen LogP contribution in [0, 0.1) is 11.3 Å². The van der Waals surface area contributed by atoms with Crippen LogP contribution in [-0.2, 0) is 0 Å². The van der Waals surface area contributed by atoms with E-state index in [2.05, 4.69) is 11.4 Å². The lowest BCUT2D eigenvalue weighted by molar-refractivity contribution is 0.415. The van der Waals surface area contributed by atoms with Crippen LogP contribution in [0.2, 0.25) is 0 Å². The van der Waals surface area contributed by atoms with Crippen LogP contribution in [0.5, 0.6) is 5.75 Å². The molecule has 3 N–H and O–H groups in total. The van der Waals surface area contributed by atoms with Crippen LogP contribution in [0.1, 0.15) is 24.8 Å². The summed E-state index contributed by atoms with van der Waals surface area (Å²) in [6, 6.07) is 8.02. The van der Waals surface area contributed by atoms with E-state index in [4.69, 9.17) is 15.7 Å². The minimum atomic E-state index is 0.174. The molecule has 17 heavy (non-hydrogen) atoms. The lowest BCUT2D eigenvalue weighted by Gasteiger charge is -2.19. The summed E-state index contributed by atoms with van der Waals surface area (Å²) in [6.45, 7) is 0. The van der Waals surface area contributed by atoms with Crippen LogP contribution in [-0.4, -0.2) is 19.2 Å². The second kappa shape index (κ2) is 5.07. The van der Waals surface area contributed by atoms with Crippen molar-refractivity contribution in [1.82, 2.24) is 0 Å². The lowest BCUT2D eigenvalue weighted by Crippen LogP contribution is -2.35. The maximum absolute atomic E-state index is 9.06. The third kappa shape index (κ3) is 2.51. The third-order valence-corrected chi connectivity index (χ3v) is 3.26. The Hall–Kier alpha value is -1.73. The van der Waals surface area contributed by atoms with Crippen LogP contribution in [0.3, 0.4) is 0 Å². The van der Waals surface area contributed by atoms with E-state index in [1.807, 2.05) is 6.07 Å². The largest absolute Gasteiger partial charge is 0.497 e. The van der Waals surface area contributed by atoms with Crippen molar-refractivity contribution < 1.29 is 4.74 Å². The molecule has 1 aliphatic carbocycles. The molecular formula is C13H17N3O. The van der Waals surface area contributed by atoms with E-state index >= 15 is 0 Å². The fourth-order valence-electron chi connectivity index (χ4n) is 2.23. The van der Waals surface area contributed by atoms with Gasteiger partial charge in [-0.25, -0.2) is 0 Å². The molecule has 1 aliphatic rings. The Morgan fingerprint density at radius 2 is 2.29 bits per heavy atom. The molecule has 2 rings (SSSR count). The SMILES string of the molecule is COc1ccc(C#N)c(NC2CCCC2N)c1. The van der Waals surface area contributed by atoms with Crippen molar-refractivity contribution in [3.8, 4) is 11.8 Å². The first kappa shape index (κ1) is 11.7. The molecular weight excluding hydrogens is 214 g/mol. The fraction of sp³-hybridized carbons (Fsp3) is 0.462. The van der Waals surface area contributed by atoms with E-state index in [1.165, 1.54) is 0 Å². The highest BCUT2D eigenvalue weighted by molar-refractivity contribution is 5.61. The summed E-state index contributed by atoms with van der Waals surface area (Å²) in [6.07, 6.45) is 3.25. The van der Waals surface area contributed by atoms with Crippen LogP contribution in [0.4, 0.5) is 5.69 Å². The second-order valence-corrected chi connectivity index (χ2v) is 4.37. The van der Waals surface area contributed by atoms with E-state index in [1.54, 1.807) is 19.2 Å². The van der Waals surface area contributed by atoms with Crippen LogP contribution < -0.4 is 15.8 Å². The molecule has 0 heterocycles. The van der Waals surface area contributed by atoms with Crippen molar-refractivity contribution in [2.24, 2.45) is 5.73 Å². The standard InChI is InChI=1S/C13H17N3O/c1-17-10-6-5-9(8-14)13(7-10)16-12-4-2-3-11(12)15/h5-7,11-12,16H,2-4,15H2,1H3. The summed E-state index contributed by atoms with van der Waals surface area (Å²) >= 11 is 0. The molecule has 4 nitrogen and oxygen atoms in total. The smallest absolute Gasteiger partial charge is 0.121 e. The average molecular weight is 231 g/mol. The molecule has 90 valence electrons. The van der Waals surface area contributed by atoms with E-state index in [9.17, 15) is 0 Å². The monoisotopic (exact) mass is 231 g/mol. The van der Waals surface area contributed by atoms with E-state index in [0.717, 1.165) is 30.7 Å². The summed E-state index contributed by atoms with van der Waals surface area (Å²) in [4.78, 5) is 0. The van der Waals surface area contributed by atoms with Gasteiger partial charge in [0.05, 0.1) is 18.4 Å². The normalized spacial score (nSPS) is 23.1. The Bertz CT molecular complexity index is 439. The Morgan fingerprint density at radius 3 is 2.88 bits per heavy atom. The number of nitrogens with two attached hydrogens (primary N) is 1. The number of nitrogens with one attached hydrogen (secondary N) is 1. The average Bonchev–Trinajstić information content (AvgIpc) is 2.75. The minimum absolute atomic E-state index is 0.174. The number of ether oxygens (including phenoxy) is 1. The summed E-state index contributed by atoms with van der Waals surface area (Å²) in [7, 11) is 1.62. The van der Waals surface area contributed by atoms with Gasteiger partial charge in [-0.2, -0.15) is 5.26 Å². The number of nitrogens with zero attached hydrogens (tertiary/aromatic N) is 1. The molecule has 1 saturated carbocycles. The third-order valence-electron chi connectivity index (χ3n) is 3.26. The number of hydrogen-bond donors (Lipinski definition) is 2. The molecule has 0 aromatic heterocycles. The zero-order valence-electron chi connectivity index (χ0n) is 9.94. The van der Waals surface area contributed by atoms with Gasteiger partial charge in [0.1, 0.15) is 11.8 Å². The van der Waals surface area contributed by atoms with Gasteiger partial charge >= 0.3 is 0 Å². The number of hydrogen-bond acceptors (Lipinski definition) is 4. The number of benzene rings is 1. The minimum Gasteiger partial charge on any atom is -0.497 e. The molecule has 4 heteroatoms. The molecule has 0 radical (unpaired) electrons. The number of methoxy groups -OCH3 is 1. The van der Waals surface area contributed by atoms with Crippen LogP contribution in [0.15, 0.2) is 18.2 Å². The number of anilines is 1. The molecule has 0 bridgehead atoms. The highest BCUT2D eigenvalue weighted by Crippen LogP contribution is 2.26. The van der Waals surface area contributed by atoms with Crippen molar-refractivity contribution in [3.63, 3.8) is 0 Å². The Labute approximate surface area is 101 Å². The highest BCUT2D eigenvalue weighted by Gasteiger charge is 2.24. The maximum atomic E-state index is 9.06. The molecule has 1 aromatic rings. The van der Waals surface area contributed by atoms with Gasteiger partial charge < -0.3 is 15.8 Å². The Kier molecular flexibility index (Phi) is 3.50. The second-order valence-electron chi connectivity index (χ2n) is 4.37. The zero-order chi connectivity index (χ0) is 12.3. The fourth-order valence-corrected chi connectivity index (χ4v) is 2.23. The Balaban J connectivity index is 2.21. The summed E-state index contributed by atoms with van der Waals surface area (Å²) in [5, 5.41) is 12.4. The summed E-state index contributed by atoms with van der Waals surface area (Å²) < 4.78 is 5.16. The molecule has 1 fully saturated rings. The molecule has 1 aromatic carbocycles. The van der Waals surface area contributed by atoms with Gasteiger partial charge in [0, 0.05) is 18.2 Å². The van der Waals surface area contributed by atoms with Crippen LogP contribution in [0.25, 0.3) is 0 Å². The highest BCUT2D eigenvalue weighted by atomic mass is 16.5. The van der Waals surface area contributed by atoms with Gasteiger partial charge in [0.25, 0.3) is 0 Å². The van der Waals surface area contributed by atoms with Gasteiger partial charge in [0.2, 0.25) is 0 Å². The predicted octanol–water partition coefficient (Wildman–Crippen LogP) is 1.86. The van der Waals surface area contributed by atoms with E-state index in [0.29, 0.717) is 5.56 Å². The van der Waals surface area contributed by atoms with Gasteiger partial charge in [-0.1, -0.05) is 0 Å². The van der Waals surface area contributed by atoms with E-state index in [-0.39, 0.29) is 12.1 Å². The van der Waals surface area contributed by atoms with Gasteiger partial charge in [-0.15, -0.1) is 0 Å². The van der Waals surface area contributed by atoms with E-state index < -0.39 is 0 Å². The number of rotatable bonds is 3. The molecule has 0 spiro atoms. The predicted molar refractivity (Wildman–Crippen MR) is 66.9 cm³/mol. The summed E-state index contributed by atoms with van der Waals surface area (Å²) in [5.74, 6) is 0.748. The first-order valence-electron chi connectivity index (χ1n) is 5.85. The first-order chi connectivity index (χ1) is 8.24. The van der Waals surface area contributed by atoms with Gasteiger partial charge in [-0.05, 0) is 31.4 Å². The lowest BCUT2D eigenvalue weighted by atomic mass is 10.1. The Morgan fingerprint density at radius 1 is 1.47 bits per heavy atom. The van der Waals surface area contributed by atoms with Gasteiger partial charge in [0.15, 0.2) is 0 Å². The van der Waals surface area contributed by atoms with Crippen LogP contribution >= 0.6 is 0 Å². The van der Waals surface area contributed by atoms with Gasteiger partial charge in [-0.3, -0.25) is 0 Å². The molecule has 2 atom stereocenters. The van der Waals surface area contributed by atoms with Crippen molar-refractivity contribution in [2.45, 2.75) is 31.3 Å².